The van der Waals surface area contributed by atoms with Crippen molar-refractivity contribution in [1.29, 1.82) is 0 Å². The largest absolute Gasteiger partial charge is 0.494 e. The number of hydrogen-bond donors (Lipinski definition) is 1. The van der Waals surface area contributed by atoms with Gasteiger partial charge >= 0.3 is 0 Å². The standard InChI is InChI=1S/C26H32Cl2N2O2/c27-20-7-12-23(24(28)19-20)26(13-2-3-14-26)25(31)29-21-8-10-22(11-9-21)32-18-6-17-30-15-4-1-5-16-30/h7-12,19H,1-6,13-18H2,(H,29,31). The second-order valence-corrected chi connectivity index (χ2v) is 9.84. The molecule has 6 heteroatoms. The average Bonchev–Trinajstić information content (AvgIpc) is 3.29. The van der Waals surface area contributed by atoms with E-state index in [0.29, 0.717) is 16.7 Å². The summed E-state index contributed by atoms with van der Waals surface area (Å²) in [6.07, 6.45) is 8.63. The van der Waals surface area contributed by atoms with Crippen molar-refractivity contribution in [2.45, 2.75) is 56.8 Å². The van der Waals surface area contributed by atoms with Crippen LogP contribution < -0.4 is 10.1 Å². The first-order valence-corrected chi connectivity index (χ1v) is 12.5. The number of hydrogen-bond acceptors (Lipinski definition) is 3. The molecule has 4 rings (SSSR count). The minimum atomic E-state index is -0.606. The van der Waals surface area contributed by atoms with Crippen LogP contribution in [0.4, 0.5) is 5.69 Å². The minimum absolute atomic E-state index is 0.00516. The molecule has 1 saturated heterocycles. The fourth-order valence-electron chi connectivity index (χ4n) is 5.02. The van der Waals surface area contributed by atoms with E-state index >= 15 is 0 Å². The lowest BCUT2D eigenvalue weighted by atomic mass is 9.78. The summed E-state index contributed by atoms with van der Waals surface area (Å²) >= 11 is 12.6. The number of rotatable bonds is 8. The van der Waals surface area contributed by atoms with Crippen molar-refractivity contribution in [3.63, 3.8) is 0 Å². The molecule has 32 heavy (non-hydrogen) atoms. The van der Waals surface area contributed by atoms with Gasteiger partial charge in [-0.3, -0.25) is 4.79 Å². The van der Waals surface area contributed by atoms with E-state index in [-0.39, 0.29) is 5.91 Å². The maximum Gasteiger partial charge on any atom is 0.235 e. The minimum Gasteiger partial charge on any atom is -0.494 e. The van der Waals surface area contributed by atoms with Crippen LogP contribution in [0.15, 0.2) is 42.5 Å². The molecule has 2 aliphatic rings. The van der Waals surface area contributed by atoms with E-state index in [1.807, 2.05) is 36.4 Å². The fraction of sp³-hybridized carbons (Fsp3) is 0.500. The summed E-state index contributed by atoms with van der Waals surface area (Å²) in [6.45, 7) is 4.25. The molecule has 0 unspecified atom stereocenters. The van der Waals surface area contributed by atoms with Gasteiger partial charge in [0.15, 0.2) is 0 Å². The van der Waals surface area contributed by atoms with Crippen LogP contribution in [0.3, 0.4) is 0 Å². The van der Waals surface area contributed by atoms with Gasteiger partial charge in [-0.15, -0.1) is 0 Å². The monoisotopic (exact) mass is 474 g/mol. The Morgan fingerprint density at radius 3 is 2.38 bits per heavy atom. The van der Waals surface area contributed by atoms with Crippen LogP contribution in [0.2, 0.25) is 10.0 Å². The molecule has 0 radical (unpaired) electrons. The molecule has 0 bridgehead atoms. The Hall–Kier alpha value is -1.75. The average molecular weight is 475 g/mol. The summed E-state index contributed by atoms with van der Waals surface area (Å²) in [5, 5.41) is 4.25. The highest BCUT2D eigenvalue weighted by atomic mass is 35.5. The van der Waals surface area contributed by atoms with Crippen molar-refractivity contribution in [2.75, 3.05) is 31.6 Å². The van der Waals surface area contributed by atoms with Crippen molar-refractivity contribution in [1.82, 2.24) is 4.90 Å². The Labute approximate surface area is 201 Å². The molecule has 0 spiro atoms. The number of nitrogens with one attached hydrogen (secondary N) is 1. The highest BCUT2D eigenvalue weighted by Crippen LogP contribution is 2.45. The lowest BCUT2D eigenvalue weighted by Crippen LogP contribution is -2.38. The zero-order valence-electron chi connectivity index (χ0n) is 18.5. The molecule has 2 aromatic carbocycles. The van der Waals surface area contributed by atoms with Crippen LogP contribution >= 0.6 is 23.2 Å². The van der Waals surface area contributed by atoms with Gasteiger partial charge in [-0.1, -0.05) is 48.5 Å². The van der Waals surface area contributed by atoms with E-state index in [0.717, 1.165) is 55.6 Å². The second-order valence-electron chi connectivity index (χ2n) is 9.00. The second kappa shape index (κ2) is 10.9. The molecule has 0 atom stereocenters. The van der Waals surface area contributed by atoms with E-state index in [2.05, 4.69) is 10.2 Å². The zero-order valence-corrected chi connectivity index (χ0v) is 20.1. The zero-order chi connectivity index (χ0) is 22.4. The van der Waals surface area contributed by atoms with Crippen molar-refractivity contribution >= 4 is 34.8 Å². The normalized spacial score (nSPS) is 18.4. The van der Waals surface area contributed by atoms with Gasteiger partial charge in [0.1, 0.15) is 5.75 Å². The maximum atomic E-state index is 13.4. The number of amides is 1. The van der Waals surface area contributed by atoms with Gasteiger partial charge in [0.05, 0.1) is 12.0 Å². The molecule has 172 valence electrons. The number of likely N-dealkylation sites (tertiary alicyclic amines) is 1. The number of halogens is 2. The highest BCUT2D eigenvalue weighted by Gasteiger charge is 2.44. The number of piperidine rings is 1. The maximum absolute atomic E-state index is 13.4. The van der Waals surface area contributed by atoms with Crippen LogP contribution in [0.5, 0.6) is 5.75 Å². The number of carbonyl (C=O) groups excluding carboxylic acids is 1. The van der Waals surface area contributed by atoms with Crippen molar-refractivity contribution in [3.8, 4) is 5.75 Å². The molecule has 1 saturated carbocycles. The van der Waals surface area contributed by atoms with E-state index in [1.165, 1.54) is 32.4 Å². The van der Waals surface area contributed by atoms with E-state index in [1.54, 1.807) is 6.07 Å². The van der Waals surface area contributed by atoms with Gasteiger partial charge in [0.25, 0.3) is 0 Å². The van der Waals surface area contributed by atoms with Gasteiger partial charge in [-0.05, 0) is 87.2 Å². The molecule has 1 amide bonds. The third kappa shape index (κ3) is 5.59. The Kier molecular flexibility index (Phi) is 7.98. The number of benzene rings is 2. The highest BCUT2D eigenvalue weighted by molar-refractivity contribution is 6.35. The molecule has 4 nitrogen and oxygen atoms in total. The summed E-state index contributed by atoms with van der Waals surface area (Å²) in [4.78, 5) is 15.9. The Morgan fingerprint density at radius 1 is 0.969 bits per heavy atom. The van der Waals surface area contributed by atoms with Crippen molar-refractivity contribution in [3.05, 3.63) is 58.1 Å². The molecule has 0 aromatic heterocycles. The van der Waals surface area contributed by atoms with Gasteiger partial charge in [0.2, 0.25) is 5.91 Å². The Bertz CT molecular complexity index is 905. The summed E-state index contributed by atoms with van der Waals surface area (Å²) < 4.78 is 5.90. The lowest BCUT2D eigenvalue weighted by molar-refractivity contribution is -0.121. The smallest absolute Gasteiger partial charge is 0.235 e. The molecule has 1 N–H and O–H groups in total. The number of ether oxygens (including phenoxy) is 1. The molecule has 1 aliphatic carbocycles. The SMILES string of the molecule is O=C(Nc1ccc(OCCCN2CCCCC2)cc1)C1(c2ccc(Cl)cc2Cl)CCCC1. The molecule has 2 fully saturated rings. The third-order valence-electron chi connectivity index (χ3n) is 6.79. The van der Waals surface area contributed by atoms with Gasteiger partial charge in [-0.25, -0.2) is 0 Å². The first kappa shape index (κ1) is 23.4. The van der Waals surface area contributed by atoms with Crippen molar-refractivity contribution < 1.29 is 9.53 Å². The van der Waals surface area contributed by atoms with Gasteiger partial charge in [-0.2, -0.15) is 0 Å². The molecular formula is C26H32Cl2N2O2. The summed E-state index contributed by atoms with van der Waals surface area (Å²) in [6, 6.07) is 13.1. The quantitative estimate of drug-likeness (QED) is 0.432. The number of carbonyl (C=O) groups is 1. The van der Waals surface area contributed by atoms with Crippen LogP contribution in [-0.2, 0) is 10.2 Å². The van der Waals surface area contributed by atoms with Crippen LogP contribution in [-0.4, -0.2) is 37.0 Å². The predicted octanol–water partition coefficient (Wildman–Crippen LogP) is 6.70. The molecule has 1 heterocycles. The summed E-state index contributed by atoms with van der Waals surface area (Å²) in [7, 11) is 0. The summed E-state index contributed by atoms with van der Waals surface area (Å²) in [5.74, 6) is 0.826. The van der Waals surface area contributed by atoms with E-state index in [4.69, 9.17) is 27.9 Å². The molecule has 2 aromatic rings. The van der Waals surface area contributed by atoms with Crippen LogP contribution in [0.1, 0.15) is 56.9 Å². The lowest BCUT2D eigenvalue weighted by Gasteiger charge is -2.29. The first-order valence-electron chi connectivity index (χ1n) is 11.8. The van der Waals surface area contributed by atoms with Gasteiger partial charge in [0, 0.05) is 22.3 Å². The summed E-state index contributed by atoms with van der Waals surface area (Å²) in [5.41, 5.74) is 1.03. The van der Waals surface area contributed by atoms with Gasteiger partial charge < -0.3 is 15.0 Å². The molecular weight excluding hydrogens is 443 g/mol. The van der Waals surface area contributed by atoms with E-state index < -0.39 is 5.41 Å². The van der Waals surface area contributed by atoms with Crippen LogP contribution in [0, 0.1) is 0 Å². The Balaban J connectivity index is 1.33. The first-order chi connectivity index (χ1) is 15.6. The Morgan fingerprint density at radius 2 is 1.69 bits per heavy atom. The van der Waals surface area contributed by atoms with Crippen molar-refractivity contribution in [2.24, 2.45) is 0 Å². The van der Waals surface area contributed by atoms with E-state index in [9.17, 15) is 4.79 Å². The van der Waals surface area contributed by atoms with Crippen LogP contribution in [0.25, 0.3) is 0 Å². The third-order valence-corrected chi connectivity index (χ3v) is 7.33. The topological polar surface area (TPSA) is 41.6 Å². The fourth-order valence-corrected chi connectivity index (χ4v) is 5.61. The predicted molar refractivity (Wildman–Crippen MR) is 132 cm³/mol. The number of anilines is 1. The number of nitrogens with zero attached hydrogens (tertiary/aromatic N) is 1. The molecule has 1 aliphatic heterocycles.